The second kappa shape index (κ2) is 7.79. The van der Waals surface area contributed by atoms with Crippen LogP contribution < -0.4 is 10.1 Å². The summed E-state index contributed by atoms with van der Waals surface area (Å²) < 4.78 is 18.0. The Morgan fingerprint density at radius 1 is 1.00 bits per heavy atom. The molecular weight excluding hydrogens is 265 g/mol. The molecule has 0 saturated carbocycles. The average molecular weight is 288 g/mol. The van der Waals surface area contributed by atoms with E-state index in [0.717, 1.165) is 30.7 Å². The molecule has 0 aliphatic carbocycles. The second-order valence-electron chi connectivity index (χ2n) is 5.43. The van der Waals surface area contributed by atoms with Gasteiger partial charge in [-0.1, -0.05) is 24.3 Å². The molecule has 112 valence electrons. The molecule has 0 fully saturated rings. The van der Waals surface area contributed by atoms with Crippen LogP contribution in [0.3, 0.4) is 0 Å². The summed E-state index contributed by atoms with van der Waals surface area (Å²) in [6, 6.07) is 15.5. The first-order valence-electron chi connectivity index (χ1n) is 7.38. The Bertz CT molecular complexity index is 536. The number of quaternary nitrogens is 1. The predicted octanol–water partition coefficient (Wildman–Crippen LogP) is 2.92. The van der Waals surface area contributed by atoms with E-state index in [0.29, 0.717) is 6.04 Å². The van der Waals surface area contributed by atoms with Gasteiger partial charge in [-0.3, -0.25) is 0 Å². The first-order chi connectivity index (χ1) is 10.2. The van der Waals surface area contributed by atoms with Gasteiger partial charge in [-0.2, -0.15) is 0 Å². The number of rotatable bonds is 7. The topological polar surface area (TPSA) is 25.8 Å². The third kappa shape index (κ3) is 5.20. The number of hydrogen-bond acceptors (Lipinski definition) is 1. The fourth-order valence-electron chi connectivity index (χ4n) is 2.26. The molecule has 0 aliphatic rings. The van der Waals surface area contributed by atoms with Crippen LogP contribution >= 0.6 is 0 Å². The molecule has 0 heterocycles. The fraction of sp³-hybridized carbons (Fsp3) is 0.333. The van der Waals surface area contributed by atoms with Gasteiger partial charge in [0, 0.05) is 12.0 Å². The molecule has 0 aromatic heterocycles. The van der Waals surface area contributed by atoms with Crippen molar-refractivity contribution in [1.82, 2.24) is 0 Å². The van der Waals surface area contributed by atoms with E-state index in [9.17, 15) is 4.39 Å². The molecule has 1 atom stereocenters. The van der Waals surface area contributed by atoms with Crippen molar-refractivity contribution in [3.8, 4) is 5.75 Å². The van der Waals surface area contributed by atoms with Gasteiger partial charge >= 0.3 is 0 Å². The van der Waals surface area contributed by atoms with Crippen molar-refractivity contribution in [3.63, 3.8) is 0 Å². The van der Waals surface area contributed by atoms with Gasteiger partial charge in [0.05, 0.1) is 13.2 Å². The molecule has 2 aromatic rings. The third-order valence-corrected chi connectivity index (χ3v) is 3.72. The molecule has 2 rings (SSSR count). The minimum atomic E-state index is -0.175. The van der Waals surface area contributed by atoms with Crippen molar-refractivity contribution >= 4 is 0 Å². The normalized spacial score (nSPS) is 12.1. The molecule has 0 radical (unpaired) electrons. The van der Waals surface area contributed by atoms with Gasteiger partial charge in [-0.25, -0.2) is 4.39 Å². The second-order valence-corrected chi connectivity index (χ2v) is 5.43. The summed E-state index contributed by atoms with van der Waals surface area (Å²) in [5, 5.41) is 2.30. The van der Waals surface area contributed by atoms with Gasteiger partial charge in [-0.15, -0.1) is 0 Å². The van der Waals surface area contributed by atoms with Crippen LogP contribution in [-0.2, 0) is 13.0 Å². The highest BCUT2D eigenvalue weighted by atomic mass is 19.1. The van der Waals surface area contributed by atoms with Crippen LogP contribution in [-0.4, -0.2) is 13.2 Å². The minimum absolute atomic E-state index is 0.175. The lowest BCUT2D eigenvalue weighted by molar-refractivity contribution is -0.701. The van der Waals surface area contributed by atoms with Gasteiger partial charge in [0.15, 0.2) is 0 Å². The van der Waals surface area contributed by atoms with Gasteiger partial charge in [0.2, 0.25) is 0 Å². The summed E-state index contributed by atoms with van der Waals surface area (Å²) in [7, 11) is 1.68. The molecule has 0 amide bonds. The quantitative estimate of drug-likeness (QED) is 0.833. The molecule has 2 nitrogen and oxygen atoms in total. The van der Waals surface area contributed by atoms with E-state index in [-0.39, 0.29) is 5.82 Å². The van der Waals surface area contributed by atoms with Crippen molar-refractivity contribution in [2.24, 2.45) is 0 Å². The van der Waals surface area contributed by atoms with E-state index in [1.54, 1.807) is 7.11 Å². The van der Waals surface area contributed by atoms with Gasteiger partial charge in [0.25, 0.3) is 0 Å². The summed E-state index contributed by atoms with van der Waals surface area (Å²) in [4.78, 5) is 0. The molecule has 0 unspecified atom stereocenters. The van der Waals surface area contributed by atoms with Crippen LogP contribution in [0.2, 0.25) is 0 Å². The zero-order valence-corrected chi connectivity index (χ0v) is 12.7. The van der Waals surface area contributed by atoms with Crippen molar-refractivity contribution in [3.05, 3.63) is 65.5 Å². The van der Waals surface area contributed by atoms with Crippen LogP contribution in [0.25, 0.3) is 0 Å². The van der Waals surface area contributed by atoms with Gasteiger partial charge in [0.1, 0.15) is 18.1 Å². The van der Waals surface area contributed by atoms with Crippen molar-refractivity contribution in [2.45, 2.75) is 32.4 Å². The molecule has 0 spiro atoms. The molecule has 0 bridgehead atoms. The Hall–Kier alpha value is -1.87. The maximum atomic E-state index is 12.8. The zero-order chi connectivity index (χ0) is 15.1. The Kier molecular flexibility index (Phi) is 5.76. The van der Waals surface area contributed by atoms with Gasteiger partial charge in [-0.05, 0) is 43.2 Å². The van der Waals surface area contributed by atoms with Crippen LogP contribution in [0, 0.1) is 5.82 Å². The molecule has 0 saturated heterocycles. The Morgan fingerprint density at radius 3 is 2.24 bits per heavy atom. The number of methoxy groups -OCH3 is 1. The lowest BCUT2D eigenvalue weighted by Crippen LogP contribution is -2.87. The van der Waals surface area contributed by atoms with Crippen LogP contribution in [0.15, 0.2) is 48.5 Å². The maximum absolute atomic E-state index is 12.8. The van der Waals surface area contributed by atoms with Crippen molar-refractivity contribution in [1.29, 1.82) is 0 Å². The van der Waals surface area contributed by atoms with E-state index in [1.165, 1.54) is 17.7 Å². The van der Waals surface area contributed by atoms with Crippen molar-refractivity contribution in [2.75, 3.05) is 7.11 Å². The number of nitrogens with two attached hydrogens (primary N) is 1. The highest BCUT2D eigenvalue weighted by Gasteiger charge is 2.06. The average Bonchev–Trinajstić information content (AvgIpc) is 2.53. The van der Waals surface area contributed by atoms with Crippen LogP contribution in [0.4, 0.5) is 4.39 Å². The molecule has 3 heteroatoms. The predicted molar refractivity (Wildman–Crippen MR) is 82.8 cm³/mol. The number of ether oxygens (including phenoxy) is 1. The monoisotopic (exact) mass is 288 g/mol. The highest BCUT2D eigenvalue weighted by molar-refractivity contribution is 5.27. The number of benzene rings is 2. The maximum Gasteiger partial charge on any atom is 0.123 e. The summed E-state index contributed by atoms with van der Waals surface area (Å²) in [5.41, 5.74) is 2.49. The van der Waals surface area contributed by atoms with E-state index < -0.39 is 0 Å². The summed E-state index contributed by atoms with van der Waals surface area (Å²) in [6.07, 6.45) is 2.18. The molecule has 2 aromatic carbocycles. The number of aryl methyl sites for hydroxylation is 1. The smallest absolute Gasteiger partial charge is 0.123 e. The molecule has 2 N–H and O–H groups in total. The number of hydrogen-bond donors (Lipinski definition) is 1. The van der Waals surface area contributed by atoms with E-state index in [4.69, 9.17) is 4.74 Å². The fourth-order valence-corrected chi connectivity index (χ4v) is 2.26. The first kappa shape index (κ1) is 15.5. The largest absolute Gasteiger partial charge is 0.497 e. The SMILES string of the molecule is COc1ccc(CC[C@H](C)[NH2+]Cc2ccc(F)cc2)cc1. The lowest BCUT2D eigenvalue weighted by atomic mass is 10.1. The summed E-state index contributed by atoms with van der Waals surface area (Å²) in [6.45, 7) is 3.12. The zero-order valence-electron chi connectivity index (χ0n) is 12.7. The first-order valence-corrected chi connectivity index (χ1v) is 7.38. The standard InChI is InChI=1S/C18H22FNO/c1-14(20-13-16-5-9-17(19)10-6-16)3-4-15-7-11-18(21-2)12-8-15/h5-12,14,20H,3-4,13H2,1-2H3/p+1/t14-/m0/s1. The van der Waals surface area contributed by atoms with E-state index >= 15 is 0 Å². The molecule has 0 aliphatic heterocycles. The van der Waals surface area contributed by atoms with Crippen LogP contribution in [0.5, 0.6) is 5.75 Å². The van der Waals surface area contributed by atoms with Crippen LogP contribution in [0.1, 0.15) is 24.5 Å². The van der Waals surface area contributed by atoms with Crippen molar-refractivity contribution < 1.29 is 14.4 Å². The minimum Gasteiger partial charge on any atom is -0.497 e. The van der Waals surface area contributed by atoms with E-state index in [1.807, 2.05) is 24.3 Å². The Labute approximate surface area is 126 Å². The summed E-state index contributed by atoms with van der Waals surface area (Å²) >= 11 is 0. The summed E-state index contributed by atoms with van der Waals surface area (Å²) in [5.74, 6) is 0.723. The molecular formula is C18H23FNO+. The van der Waals surface area contributed by atoms with Gasteiger partial charge < -0.3 is 10.1 Å². The third-order valence-electron chi connectivity index (χ3n) is 3.72. The Morgan fingerprint density at radius 2 is 1.62 bits per heavy atom. The highest BCUT2D eigenvalue weighted by Crippen LogP contribution is 2.12. The molecule has 21 heavy (non-hydrogen) atoms. The van der Waals surface area contributed by atoms with E-state index in [2.05, 4.69) is 24.4 Å². The Balaban J connectivity index is 1.73. The number of halogens is 1. The lowest BCUT2D eigenvalue weighted by Gasteiger charge is -2.11.